The van der Waals surface area contributed by atoms with Crippen molar-refractivity contribution >= 4 is 0 Å². The summed E-state index contributed by atoms with van der Waals surface area (Å²) in [5.41, 5.74) is 5.89. The molecule has 0 fully saturated rings. The summed E-state index contributed by atoms with van der Waals surface area (Å²) in [7, 11) is 0. The van der Waals surface area contributed by atoms with Crippen LogP contribution >= 0.6 is 0 Å². The van der Waals surface area contributed by atoms with Gasteiger partial charge in [-0.15, -0.1) is 6.58 Å². The van der Waals surface area contributed by atoms with Gasteiger partial charge >= 0.3 is 0 Å². The van der Waals surface area contributed by atoms with Gasteiger partial charge < -0.3 is 19.7 Å². The van der Waals surface area contributed by atoms with Crippen molar-refractivity contribution in [3.8, 4) is 11.5 Å². The van der Waals surface area contributed by atoms with Crippen LogP contribution in [0.1, 0.15) is 30.3 Å². The Bertz CT molecular complexity index is 611. The summed E-state index contributed by atoms with van der Waals surface area (Å²) in [6, 6.07) is 7.12. The van der Waals surface area contributed by atoms with Gasteiger partial charge in [-0.25, -0.2) is 0 Å². The molecule has 1 aliphatic heterocycles. The van der Waals surface area contributed by atoms with E-state index in [9.17, 15) is 0 Å². The molecule has 6 nitrogen and oxygen atoms in total. The number of hydrogen-bond acceptors (Lipinski definition) is 6. The SMILES string of the molecule is C=CCC(N)c1nc(C2COc3ccccc3O2)no1. The molecule has 20 heavy (non-hydrogen) atoms. The zero-order valence-corrected chi connectivity index (χ0v) is 10.9. The highest BCUT2D eigenvalue weighted by molar-refractivity contribution is 5.40. The van der Waals surface area contributed by atoms with E-state index in [4.69, 9.17) is 19.7 Å². The maximum absolute atomic E-state index is 5.89. The molecule has 0 aliphatic carbocycles. The van der Waals surface area contributed by atoms with E-state index in [0.717, 1.165) is 5.75 Å². The van der Waals surface area contributed by atoms with Crippen molar-refractivity contribution in [1.82, 2.24) is 10.1 Å². The maximum atomic E-state index is 5.89. The third-order valence-corrected chi connectivity index (χ3v) is 2.99. The predicted molar refractivity (Wildman–Crippen MR) is 71.3 cm³/mol. The molecule has 0 bridgehead atoms. The lowest BCUT2D eigenvalue weighted by Gasteiger charge is -2.24. The third-order valence-electron chi connectivity index (χ3n) is 2.99. The van der Waals surface area contributed by atoms with Gasteiger partial charge in [0.2, 0.25) is 11.7 Å². The van der Waals surface area contributed by atoms with Gasteiger partial charge in [0.1, 0.15) is 6.61 Å². The molecule has 0 saturated heterocycles. The van der Waals surface area contributed by atoms with Crippen LogP contribution < -0.4 is 15.2 Å². The Hall–Kier alpha value is -2.34. The molecule has 6 heteroatoms. The first-order chi connectivity index (χ1) is 9.78. The number of benzene rings is 1. The first kappa shape index (κ1) is 12.7. The Morgan fingerprint density at radius 1 is 1.40 bits per heavy atom. The molecule has 3 rings (SSSR count). The van der Waals surface area contributed by atoms with Gasteiger partial charge in [-0.3, -0.25) is 0 Å². The van der Waals surface area contributed by atoms with Crippen LogP contribution in [0.3, 0.4) is 0 Å². The van der Waals surface area contributed by atoms with E-state index < -0.39 is 6.10 Å². The summed E-state index contributed by atoms with van der Waals surface area (Å²) in [6.07, 6.45) is 1.90. The molecular formula is C14H15N3O3. The molecule has 2 heterocycles. The van der Waals surface area contributed by atoms with Gasteiger partial charge in [-0.05, 0) is 18.6 Å². The first-order valence-corrected chi connectivity index (χ1v) is 6.36. The van der Waals surface area contributed by atoms with Crippen molar-refractivity contribution in [1.29, 1.82) is 0 Å². The number of para-hydroxylation sites is 2. The van der Waals surface area contributed by atoms with Crippen molar-refractivity contribution in [2.75, 3.05) is 6.61 Å². The number of hydrogen-bond donors (Lipinski definition) is 1. The van der Waals surface area contributed by atoms with Crippen LogP contribution in [-0.2, 0) is 0 Å². The highest BCUT2D eigenvalue weighted by Gasteiger charge is 2.27. The van der Waals surface area contributed by atoms with Crippen LogP contribution in [0.2, 0.25) is 0 Å². The fourth-order valence-corrected chi connectivity index (χ4v) is 1.96. The average molecular weight is 273 g/mol. The summed E-state index contributed by atoms with van der Waals surface area (Å²) >= 11 is 0. The highest BCUT2D eigenvalue weighted by atomic mass is 16.6. The molecular weight excluding hydrogens is 258 g/mol. The van der Waals surface area contributed by atoms with Crippen LogP contribution in [0.5, 0.6) is 11.5 Å². The topological polar surface area (TPSA) is 83.4 Å². The van der Waals surface area contributed by atoms with Crippen LogP contribution in [0, 0.1) is 0 Å². The smallest absolute Gasteiger partial charge is 0.244 e. The molecule has 2 aromatic rings. The van der Waals surface area contributed by atoms with Crippen molar-refractivity contribution in [2.45, 2.75) is 18.6 Å². The predicted octanol–water partition coefficient (Wildman–Crippen LogP) is 2.16. The Kier molecular flexibility index (Phi) is 3.39. The van der Waals surface area contributed by atoms with Gasteiger partial charge in [0.25, 0.3) is 0 Å². The molecule has 0 radical (unpaired) electrons. The van der Waals surface area contributed by atoms with Gasteiger partial charge in [0.05, 0.1) is 6.04 Å². The minimum absolute atomic E-state index is 0.340. The second-order valence-corrected chi connectivity index (χ2v) is 4.49. The van der Waals surface area contributed by atoms with Crippen molar-refractivity contribution in [3.05, 3.63) is 48.6 Å². The molecule has 1 aromatic carbocycles. The molecule has 2 N–H and O–H groups in total. The van der Waals surface area contributed by atoms with Gasteiger partial charge in [0, 0.05) is 0 Å². The fraction of sp³-hybridized carbons (Fsp3) is 0.286. The van der Waals surface area contributed by atoms with E-state index in [1.54, 1.807) is 6.08 Å². The zero-order valence-electron chi connectivity index (χ0n) is 10.9. The lowest BCUT2D eigenvalue weighted by molar-refractivity contribution is 0.0832. The third kappa shape index (κ3) is 2.37. The molecule has 0 spiro atoms. The van der Waals surface area contributed by atoms with Crippen LogP contribution in [0.15, 0.2) is 41.4 Å². The lowest BCUT2D eigenvalue weighted by Crippen LogP contribution is -2.22. The summed E-state index contributed by atoms with van der Waals surface area (Å²) in [6.45, 7) is 3.97. The van der Waals surface area contributed by atoms with Crippen LogP contribution in [-0.4, -0.2) is 16.7 Å². The number of rotatable bonds is 4. The number of ether oxygens (including phenoxy) is 2. The summed E-state index contributed by atoms with van der Waals surface area (Å²) in [4.78, 5) is 4.27. The Labute approximate surface area is 116 Å². The fourth-order valence-electron chi connectivity index (χ4n) is 1.96. The Morgan fingerprint density at radius 3 is 3.00 bits per heavy atom. The minimum atomic E-state index is -0.390. The summed E-state index contributed by atoms with van der Waals surface area (Å²) < 4.78 is 16.6. The summed E-state index contributed by atoms with van der Waals surface area (Å²) in [5.74, 6) is 2.21. The Morgan fingerprint density at radius 2 is 2.20 bits per heavy atom. The number of fused-ring (bicyclic) bond motifs is 1. The molecule has 1 aromatic heterocycles. The summed E-state index contributed by atoms with van der Waals surface area (Å²) in [5, 5.41) is 3.91. The second-order valence-electron chi connectivity index (χ2n) is 4.49. The van der Waals surface area contributed by atoms with Crippen molar-refractivity contribution < 1.29 is 14.0 Å². The van der Waals surface area contributed by atoms with E-state index >= 15 is 0 Å². The minimum Gasteiger partial charge on any atom is -0.485 e. The van der Waals surface area contributed by atoms with Crippen LogP contribution in [0.4, 0.5) is 0 Å². The van der Waals surface area contributed by atoms with Gasteiger partial charge in [-0.2, -0.15) is 4.98 Å². The van der Waals surface area contributed by atoms with Crippen LogP contribution in [0.25, 0.3) is 0 Å². The van der Waals surface area contributed by atoms with E-state index in [2.05, 4.69) is 16.7 Å². The van der Waals surface area contributed by atoms with Gasteiger partial charge in [0.15, 0.2) is 17.6 Å². The lowest BCUT2D eigenvalue weighted by atomic mass is 10.2. The zero-order chi connectivity index (χ0) is 13.9. The average Bonchev–Trinajstić information content (AvgIpc) is 2.97. The number of nitrogens with zero attached hydrogens (tertiary/aromatic N) is 2. The Balaban J connectivity index is 1.76. The highest BCUT2D eigenvalue weighted by Crippen LogP contribution is 2.35. The quantitative estimate of drug-likeness (QED) is 0.859. The standard InChI is InChI=1S/C14H15N3O3/c1-2-5-9(15)14-16-13(17-20-14)12-8-18-10-6-3-4-7-11(10)19-12/h2-4,6-7,9,12H,1,5,8,15H2. The van der Waals surface area contributed by atoms with E-state index in [0.29, 0.717) is 30.5 Å². The van der Waals surface area contributed by atoms with Crippen molar-refractivity contribution in [2.24, 2.45) is 5.73 Å². The van der Waals surface area contributed by atoms with E-state index in [1.165, 1.54) is 0 Å². The monoisotopic (exact) mass is 273 g/mol. The molecule has 0 saturated carbocycles. The van der Waals surface area contributed by atoms with E-state index in [1.807, 2.05) is 24.3 Å². The number of aromatic nitrogens is 2. The molecule has 104 valence electrons. The van der Waals surface area contributed by atoms with Crippen molar-refractivity contribution in [3.63, 3.8) is 0 Å². The molecule has 2 unspecified atom stereocenters. The maximum Gasteiger partial charge on any atom is 0.244 e. The molecule has 2 atom stereocenters. The normalized spacial score (nSPS) is 18.6. The number of nitrogens with two attached hydrogens (primary N) is 1. The van der Waals surface area contributed by atoms with E-state index in [-0.39, 0.29) is 6.04 Å². The molecule has 1 aliphatic rings. The molecule has 0 amide bonds. The largest absolute Gasteiger partial charge is 0.485 e. The first-order valence-electron chi connectivity index (χ1n) is 6.36. The van der Waals surface area contributed by atoms with Gasteiger partial charge in [-0.1, -0.05) is 23.4 Å². The second kappa shape index (κ2) is 5.34.